The van der Waals surface area contributed by atoms with Gasteiger partial charge in [0.25, 0.3) is 5.91 Å². The second-order valence-electron chi connectivity index (χ2n) is 6.13. The first-order valence-corrected chi connectivity index (χ1v) is 9.64. The summed E-state index contributed by atoms with van der Waals surface area (Å²) in [4.78, 5) is 27.7. The highest BCUT2D eigenvalue weighted by Crippen LogP contribution is 2.28. The topological polar surface area (TPSA) is 62.6 Å². The number of carbonyl (C=O) groups excluding carboxylic acids is 2. The molecule has 1 N–H and O–H groups in total. The molecule has 3 rings (SSSR count). The molecule has 0 saturated carbocycles. The third kappa shape index (κ3) is 4.38. The van der Waals surface area contributed by atoms with Crippen LogP contribution >= 0.6 is 11.8 Å². The molecule has 1 saturated heterocycles. The van der Waals surface area contributed by atoms with Crippen LogP contribution in [0.25, 0.3) is 0 Å². The molecule has 0 unspecified atom stereocenters. The number of carbonyl (C=O) groups is 2. The lowest BCUT2D eigenvalue weighted by Crippen LogP contribution is -2.41. The van der Waals surface area contributed by atoms with Crippen LogP contribution in [0.15, 0.2) is 64.6 Å². The maximum Gasteiger partial charge on any atom is 0.289 e. The van der Waals surface area contributed by atoms with Gasteiger partial charge < -0.3 is 14.6 Å². The molecule has 1 fully saturated rings. The van der Waals surface area contributed by atoms with Crippen molar-refractivity contribution in [2.45, 2.75) is 17.7 Å². The van der Waals surface area contributed by atoms with Crippen LogP contribution in [0, 0.1) is 5.92 Å². The molecule has 0 atom stereocenters. The lowest BCUT2D eigenvalue weighted by Gasteiger charge is -2.30. The number of nitrogens with one attached hydrogen (secondary N) is 1. The number of para-hydroxylation sites is 1. The van der Waals surface area contributed by atoms with Gasteiger partial charge in [-0.25, -0.2) is 0 Å². The number of anilines is 1. The van der Waals surface area contributed by atoms with Crippen LogP contribution in [-0.2, 0) is 4.79 Å². The van der Waals surface area contributed by atoms with Crippen LogP contribution in [0.2, 0.25) is 0 Å². The summed E-state index contributed by atoms with van der Waals surface area (Å²) in [6.07, 6.45) is 4.64. The minimum atomic E-state index is -0.111. The van der Waals surface area contributed by atoms with Crippen molar-refractivity contribution < 1.29 is 14.0 Å². The van der Waals surface area contributed by atoms with Crippen LogP contribution in [0.3, 0.4) is 0 Å². The number of hydrogen-bond donors (Lipinski definition) is 1. The monoisotopic (exact) mass is 370 g/mol. The first kappa shape index (κ1) is 18.3. The van der Waals surface area contributed by atoms with Crippen molar-refractivity contribution in [2.24, 2.45) is 5.92 Å². The van der Waals surface area contributed by atoms with Crippen molar-refractivity contribution in [1.29, 1.82) is 0 Å². The number of furan rings is 1. The largest absolute Gasteiger partial charge is 0.459 e. The fourth-order valence-electron chi connectivity index (χ4n) is 2.98. The number of thioether (sulfide) groups is 1. The highest BCUT2D eigenvalue weighted by Gasteiger charge is 2.29. The smallest absolute Gasteiger partial charge is 0.289 e. The Hall–Kier alpha value is -2.47. The predicted molar refractivity (Wildman–Crippen MR) is 103 cm³/mol. The highest BCUT2D eigenvalue weighted by molar-refractivity contribution is 7.99. The minimum absolute atomic E-state index is 0.0155. The second kappa shape index (κ2) is 8.76. The molecule has 2 heterocycles. The van der Waals surface area contributed by atoms with Gasteiger partial charge in [-0.1, -0.05) is 18.2 Å². The quantitative estimate of drug-likeness (QED) is 0.615. The van der Waals surface area contributed by atoms with Crippen molar-refractivity contribution in [3.63, 3.8) is 0 Å². The molecule has 0 radical (unpaired) electrons. The summed E-state index contributed by atoms with van der Waals surface area (Å²) in [6.45, 7) is 4.85. The lowest BCUT2D eigenvalue weighted by molar-refractivity contribution is -0.121. The van der Waals surface area contributed by atoms with Crippen molar-refractivity contribution in [1.82, 2.24) is 4.90 Å². The molecule has 26 heavy (non-hydrogen) atoms. The molecule has 0 spiro atoms. The summed E-state index contributed by atoms with van der Waals surface area (Å²) in [5.74, 6) is 0.955. The average Bonchev–Trinajstić information content (AvgIpc) is 3.21. The van der Waals surface area contributed by atoms with Crippen molar-refractivity contribution >= 4 is 29.3 Å². The van der Waals surface area contributed by atoms with Gasteiger partial charge in [0.15, 0.2) is 5.76 Å². The van der Waals surface area contributed by atoms with E-state index in [0.29, 0.717) is 31.7 Å². The van der Waals surface area contributed by atoms with Gasteiger partial charge in [-0.15, -0.1) is 18.3 Å². The van der Waals surface area contributed by atoms with Crippen molar-refractivity contribution in [3.8, 4) is 0 Å². The molecule has 1 aromatic heterocycles. The van der Waals surface area contributed by atoms with E-state index in [2.05, 4.69) is 11.9 Å². The number of amides is 2. The third-order valence-corrected chi connectivity index (χ3v) is 5.46. The van der Waals surface area contributed by atoms with E-state index in [1.807, 2.05) is 30.3 Å². The summed E-state index contributed by atoms with van der Waals surface area (Å²) in [5.41, 5.74) is 0.832. The Bertz CT molecular complexity index is 765. The molecular formula is C20H22N2O3S. The first-order chi connectivity index (χ1) is 12.7. The molecule has 136 valence electrons. The van der Waals surface area contributed by atoms with E-state index >= 15 is 0 Å². The Kier molecular flexibility index (Phi) is 6.17. The van der Waals surface area contributed by atoms with Crippen molar-refractivity contribution in [3.05, 3.63) is 61.1 Å². The zero-order valence-electron chi connectivity index (χ0n) is 14.5. The molecular weight excluding hydrogens is 348 g/mol. The van der Waals surface area contributed by atoms with Crippen LogP contribution in [0.1, 0.15) is 23.4 Å². The van der Waals surface area contributed by atoms with Crippen LogP contribution < -0.4 is 5.32 Å². The van der Waals surface area contributed by atoms with Crippen molar-refractivity contribution in [2.75, 3.05) is 24.2 Å². The van der Waals surface area contributed by atoms with E-state index in [9.17, 15) is 9.59 Å². The van der Waals surface area contributed by atoms with Gasteiger partial charge >= 0.3 is 0 Å². The summed E-state index contributed by atoms with van der Waals surface area (Å²) in [5, 5.41) is 3.04. The van der Waals surface area contributed by atoms with E-state index in [1.165, 1.54) is 6.26 Å². The molecule has 1 aliphatic heterocycles. The fourth-order valence-corrected chi connectivity index (χ4v) is 3.73. The molecule has 2 aromatic rings. The van der Waals surface area contributed by atoms with Crippen LogP contribution in [0.4, 0.5) is 5.69 Å². The zero-order valence-corrected chi connectivity index (χ0v) is 15.3. The SMILES string of the molecule is C=CCSc1ccccc1NC(=O)C1CCN(C(=O)c2ccco2)CC1. The Balaban J connectivity index is 1.56. The molecule has 5 nitrogen and oxygen atoms in total. The number of nitrogens with zero attached hydrogens (tertiary/aromatic N) is 1. The van der Waals surface area contributed by atoms with E-state index in [4.69, 9.17) is 4.42 Å². The maximum atomic E-state index is 12.6. The lowest BCUT2D eigenvalue weighted by atomic mass is 9.95. The van der Waals surface area contributed by atoms with Gasteiger partial charge in [0.1, 0.15) is 0 Å². The van der Waals surface area contributed by atoms with Gasteiger partial charge in [-0.2, -0.15) is 0 Å². The number of rotatable bonds is 6. The highest BCUT2D eigenvalue weighted by atomic mass is 32.2. The Morgan fingerprint density at radius 3 is 2.69 bits per heavy atom. The molecule has 1 aliphatic rings. The fraction of sp³-hybridized carbons (Fsp3) is 0.300. The molecule has 1 aromatic carbocycles. The molecule has 2 amide bonds. The summed E-state index contributed by atoms with van der Waals surface area (Å²) in [6, 6.07) is 11.2. The standard InChI is InChI=1S/C20H22N2O3S/c1-2-14-26-18-8-4-3-6-16(18)21-19(23)15-9-11-22(12-10-15)20(24)17-7-5-13-25-17/h2-8,13,15H,1,9-12,14H2,(H,21,23). The third-order valence-electron chi connectivity index (χ3n) is 4.39. The summed E-state index contributed by atoms with van der Waals surface area (Å²) >= 11 is 1.64. The van der Waals surface area contributed by atoms with Gasteiger partial charge in [0.05, 0.1) is 12.0 Å². The maximum absolute atomic E-state index is 12.6. The number of benzene rings is 1. The van der Waals surface area contributed by atoms with E-state index in [-0.39, 0.29) is 17.7 Å². The van der Waals surface area contributed by atoms with Crippen LogP contribution in [0.5, 0.6) is 0 Å². The zero-order chi connectivity index (χ0) is 18.4. The van der Waals surface area contributed by atoms with Gasteiger partial charge in [0.2, 0.25) is 5.91 Å². The summed E-state index contributed by atoms with van der Waals surface area (Å²) < 4.78 is 5.17. The van der Waals surface area contributed by atoms with E-state index in [1.54, 1.807) is 28.8 Å². The second-order valence-corrected chi connectivity index (χ2v) is 7.19. The molecule has 6 heteroatoms. The molecule has 0 aliphatic carbocycles. The van der Waals surface area contributed by atoms with Gasteiger partial charge in [0, 0.05) is 29.7 Å². The van der Waals surface area contributed by atoms with Crippen LogP contribution in [-0.4, -0.2) is 35.6 Å². The Morgan fingerprint density at radius 1 is 1.23 bits per heavy atom. The number of hydrogen-bond acceptors (Lipinski definition) is 4. The Labute approximate surface area is 157 Å². The normalized spacial score (nSPS) is 14.8. The Morgan fingerprint density at radius 2 is 2.00 bits per heavy atom. The average molecular weight is 370 g/mol. The first-order valence-electron chi connectivity index (χ1n) is 8.65. The number of likely N-dealkylation sites (tertiary alicyclic amines) is 1. The van der Waals surface area contributed by atoms with Gasteiger partial charge in [-0.3, -0.25) is 9.59 Å². The van der Waals surface area contributed by atoms with Gasteiger partial charge in [-0.05, 0) is 37.1 Å². The minimum Gasteiger partial charge on any atom is -0.459 e. The predicted octanol–water partition coefficient (Wildman–Crippen LogP) is 4.05. The molecule has 0 bridgehead atoms. The van der Waals surface area contributed by atoms with E-state index < -0.39 is 0 Å². The number of piperidine rings is 1. The summed E-state index contributed by atoms with van der Waals surface area (Å²) in [7, 11) is 0. The van der Waals surface area contributed by atoms with E-state index in [0.717, 1.165) is 16.3 Å².